The molecule has 0 aromatic heterocycles. The summed E-state index contributed by atoms with van der Waals surface area (Å²) in [5, 5.41) is 0. The van der Waals surface area contributed by atoms with E-state index in [9.17, 15) is 0 Å². The first-order valence-corrected chi connectivity index (χ1v) is 7.22. The molecule has 0 amide bonds. The van der Waals surface area contributed by atoms with Gasteiger partial charge >= 0.3 is 0 Å². The van der Waals surface area contributed by atoms with Gasteiger partial charge in [0.25, 0.3) is 0 Å². The van der Waals surface area contributed by atoms with Crippen LogP contribution in [-0.4, -0.2) is 37.2 Å². The van der Waals surface area contributed by atoms with Crippen molar-refractivity contribution in [2.24, 2.45) is 5.73 Å². The topological polar surface area (TPSA) is 38.5 Å². The molecule has 0 aliphatic carbocycles. The van der Waals surface area contributed by atoms with Gasteiger partial charge in [0.05, 0.1) is 13.2 Å². The minimum atomic E-state index is 0.288. The second-order valence-electron chi connectivity index (χ2n) is 4.92. The summed E-state index contributed by atoms with van der Waals surface area (Å²) in [5.74, 6) is 0. The summed E-state index contributed by atoms with van der Waals surface area (Å²) in [6.07, 6.45) is 0. The van der Waals surface area contributed by atoms with E-state index in [1.54, 1.807) is 0 Å². The van der Waals surface area contributed by atoms with Crippen LogP contribution in [0.3, 0.4) is 0 Å². The van der Waals surface area contributed by atoms with Gasteiger partial charge in [-0.05, 0) is 31.0 Å². The molecule has 1 aromatic carbocycles. The predicted octanol–water partition coefficient (Wildman–Crippen LogP) is 2.48. The number of aryl methyl sites for hydroxylation is 1. The summed E-state index contributed by atoms with van der Waals surface area (Å²) in [6.45, 7) is 7.52. The maximum absolute atomic E-state index is 5.99. The molecule has 2 rings (SSSR count). The lowest BCUT2D eigenvalue weighted by Crippen LogP contribution is -2.47. The molecule has 1 aromatic rings. The fraction of sp³-hybridized carbons (Fsp3) is 0.571. The Balaban J connectivity index is 2.23. The molecule has 2 atom stereocenters. The number of rotatable bonds is 3. The van der Waals surface area contributed by atoms with E-state index in [2.05, 4.69) is 52.9 Å². The molecule has 0 radical (unpaired) electrons. The fourth-order valence-electron chi connectivity index (χ4n) is 2.54. The third-order valence-electron chi connectivity index (χ3n) is 3.61. The monoisotopic (exact) mass is 312 g/mol. The van der Waals surface area contributed by atoms with Crippen LogP contribution in [0.4, 0.5) is 0 Å². The number of hydrogen-bond acceptors (Lipinski definition) is 3. The van der Waals surface area contributed by atoms with E-state index in [-0.39, 0.29) is 6.04 Å². The summed E-state index contributed by atoms with van der Waals surface area (Å²) in [4.78, 5) is 2.45. The molecule has 1 aliphatic rings. The smallest absolute Gasteiger partial charge is 0.0620 e. The first-order valence-electron chi connectivity index (χ1n) is 6.43. The Bertz CT molecular complexity index is 411. The second kappa shape index (κ2) is 6.15. The molecular formula is C14H21BrN2O. The molecule has 0 saturated carbocycles. The van der Waals surface area contributed by atoms with Crippen molar-refractivity contribution >= 4 is 15.9 Å². The van der Waals surface area contributed by atoms with Gasteiger partial charge in [-0.2, -0.15) is 0 Å². The zero-order valence-corrected chi connectivity index (χ0v) is 12.6. The van der Waals surface area contributed by atoms with Crippen molar-refractivity contribution < 1.29 is 4.74 Å². The summed E-state index contributed by atoms with van der Waals surface area (Å²) in [7, 11) is 0. The minimum absolute atomic E-state index is 0.288. The van der Waals surface area contributed by atoms with Crippen LogP contribution < -0.4 is 5.73 Å². The van der Waals surface area contributed by atoms with Gasteiger partial charge in [-0.3, -0.25) is 4.90 Å². The highest BCUT2D eigenvalue weighted by molar-refractivity contribution is 9.10. The van der Waals surface area contributed by atoms with Crippen molar-refractivity contribution in [2.75, 3.05) is 26.3 Å². The molecule has 1 aliphatic heterocycles. The highest BCUT2D eigenvalue weighted by Gasteiger charge is 2.26. The van der Waals surface area contributed by atoms with Gasteiger partial charge in [0.1, 0.15) is 0 Å². The van der Waals surface area contributed by atoms with Crippen LogP contribution in [0.25, 0.3) is 0 Å². The minimum Gasteiger partial charge on any atom is -0.379 e. The van der Waals surface area contributed by atoms with Crippen LogP contribution in [0, 0.1) is 6.92 Å². The van der Waals surface area contributed by atoms with Gasteiger partial charge in [-0.25, -0.2) is 0 Å². The van der Waals surface area contributed by atoms with Crippen molar-refractivity contribution in [1.29, 1.82) is 0 Å². The number of benzene rings is 1. The molecular weight excluding hydrogens is 292 g/mol. The molecule has 100 valence electrons. The maximum atomic E-state index is 5.99. The highest BCUT2D eigenvalue weighted by Crippen LogP contribution is 2.27. The Labute approximate surface area is 117 Å². The molecule has 0 bridgehead atoms. The van der Waals surface area contributed by atoms with Gasteiger partial charge in [-0.1, -0.05) is 28.1 Å². The van der Waals surface area contributed by atoms with Crippen molar-refractivity contribution in [1.82, 2.24) is 4.90 Å². The summed E-state index contributed by atoms with van der Waals surface area (Å²) in [6, 6.07) is 7.21. The lowest BCUT2D eigenvalue weighted by Gasteiger charge is -2.39. The summed E-state index contributed by atoms with van der Waals surface area (Å²) < 4.78 is 6.65. The van der Waals surface area contributed by atoms with Crippen molar-refractivity contribution in [3.05, 3.63) is 33.8 Å². The fourth-order valence-corrected chi connectivity index (χ4v) is 2.79. The number of halogens is 1. The van der Waals surface area contributed by atoms with Crippen LogP contribution in [0.5, 0.6) is 0 Å². The van der Waals surface area contributed by atoms with E-state index in [1.165, 1.54) is 11.1 Å². The number of nitrogens with zero attached hydrogens (tertiary/aromatic N) is 1. The summed E-state index contributed by atoms with van der Waals surface area (Å²) in [5.41, 5.74) is 8.55. The molecule has 2 unspecified atom stereocenters. The predicted molar refractivity (Wildman–Crippen MR) is 77.7 cm³/mol. The van der Waals surface area contributed by atoms with Crippen LogP contribution in [0.2, 0.25) is 0 Å². The Morgan fingerprint density at radius 2 is 2.33 bits per heavy atom. The standard InChI is InChI=1S/C14H21BrN2O/c1-10-7-12(3-4-13(10)15)14(8-16)17-5-6-18-9-11(17)2/h3-4,7,11,14H,5-6,8-9,16H2,1-2H3. The van der Waals surface area contributed by atoms with E-state index in [4.69, 9.17) is 10.5 Å². The lowest BCUT2D eigenvalue weighted by atomic mass is 10.0. The van der Waals surface area contributed by atoms with Crippen LogP contribution in [0.1, 0.15) is 24.1 Å². The van der Waals surface area contributed by atoms with Gasteiger partial charge < -0.3 is 10.5 Å². The molecule has 18 heavy (non-hydrogen) atoms. The Kier molecular flexibility index (Phi) is 4.78. The number of morpholine rings is 1. The molecule has 0 spiro atoms. The maximum Gasteiger partial charge on any atom is 0.0620 e. The molecule has 1 saturated heterocycles. The Hall–Kier alpha value is -0.420. The first kappa shape index (κ1) is 14.0. The zero-order chi connectivity index (χ0) is 13.1. The highest BCUT2D eigenvalue weighted by atomic mass is 79.9. The third kappa shape index (κ3) is 2.94. The quantitative estimate of drug-likeness (QED) is 0.932. The molecule has 1 heterocycles. The third-order valence-corrected chi connectivity index (χ3v) is 4.50. The number of ether oxygens (including phenoxy) is 1. The Morgan fingerprint density at radius 3 is 2.94 bits per heavy atom. The van der Waals surface area contributed by atoms with E-state index in [1.807, 2.05) is 0 Å². The number of hydrogen-bond donors (Lipinski definition) is 1. The lowest BCUT2D eigenvalue weighted by molar-refractivity contribution is -0.0209. The molecule has 1 fully saturated rings. The van der Waals surface area contributed by atoms with Crippen molar-refractivity contribution in [2.45, 2.75) is 25.9 Å². The normalized spacial score (nSPS) is 23.0. The molecule has 4 heteroatoms. The number of nitrogens with two attached hydrogens (primary N) is 1. The largest absolute Gasteiger partial charge is 0.379 e. The van der Waals surface area contributed by atoms with E-state index in [0.717, 1.165) is 24.2 Å². The average molecular weight is 313 g/mol. The van der Waals surface area contributed by atoms with Crippen LogP contribution >= 0.6 is 15.9 Å². The van der Waals surface area contributed by atoms with Crippen LogP contribution in [-0.2, 0) is 4.74 Å². The SMILES string of the molecule is Cc1cc(C(CN)N2CCOCC2C)ccc1Br. The van der Waals surface area contributed by atoms with E-state index >= 15 is 0 Å². The van der Waals surface area contributed by atoms with E-state index in [0.29, 0.717) is 12.6 Å². The van der Waals surface area contributed by atoms with Gasteiger partial charge in [0.15, 0.2) is 0 Å². The van der Waals surface area contributed by atoms with Gasteiger partial charge in [0, 0.05) is 29.6 Å². The van der Waals surface area contributed by atoms with Gasteiger partial charge in [0.2, 0.25) is 0 Å². The first-order chi connectivity index (χ1) is 8.63. The molecule has 2 N–H and O–H groups in total. The average Bonchev–Trinajstić information content (AvgIpc) is 2.37. The van der Waals surface area contributed by atoms with Gasteiger partial charge in [-0.15, -0.1) is 0 Å². The van der Waals surface area contributed by atoms with E-state index < -0.39 is 0 Å². The second-order valence-corrected chi connectivity index (χ2v) is 5.78. The zero-order valence-electron chi connectivity index (χ0n) is 11.0. The summed E-state index contributed by atoms with van der Waals surface area (Å²) >= 11 is 3.54. The molecule has 3 nitrogen and oxygen atoms in total. The van der Waals surface area contributed by atoms with Crippen molar-refractivity contribution in [3.8, 4) is 0 Å². The Morgan fingerprint density at radius 1 is 1.56 bits per heavy atom. The van der Waals surface area contributed by atoms with Crippen molar-refractivity contribution in [3.63, 3.8) is 0 Å². The van der Waals surface area contributed by atoms with Crippen LogP contribution in [0.15, 0.2) is 22.7 Å².